The van der Waals surface area contributed by atoms with Gasteiger partial charge in [0.05, 0.1) is 5.56 Å². The summed E-state index contributed by atoms with van der Waals surface area (Å²) in [7, 11) is 0. The maximum Gasteiger partial charge on any atom is 0.336 e. The Hall–Kier alpha value is -3.68. The van der Waals surface area contributed by atoms with Gasteiger partial charge in [-0.1, -0.05) is 55.8 Å². The van der Waals surface area contributed by atoms with Crippen molar-refractivity contribution in [3.05, 3.63) is 77.4 Å². The minimum atomic E-state index is -0.997. The van der Waals surface area contributed by atoms with Gasteiger partial charge in [0.1, 0.15) is 11.3 Å². The monoisotopic (exact) mass is 422 g/mol. The Labute approximate surface area is 177 Å². The van der Waals surface area contributed by atoms with E-state index < -0.39 is 17.9 Å². The predicted molar refractivity (Wildman–Crippen MR) is 112 cm³/mol. The Morgan fingerprint density at radius 3 is 2.45 bits per heavy atom. The molecule has 0 saturated heterocycles. The normalized spacial score (nSPS) is 11.2. The van der Waals surface area contributed by atoms with Gasteiger partial charge in [-0.15, -0.1) is 10.2 Å². The minimum absolute atomic E-state index is 0.00102. The second kappa shape index (κ2) is 8.59. The fourth-order valence-electron chi connectivity index (χ4n) is 3.62. The van der Waals surface area contributed by atoms with Crippen LogP contribution in [-0.4, -0.2) is 30.8 Å². The number of carbonyl (C=O) groups is 1. The molecule has 8 heteroatoms. The number of imidazole rings is 1. The molecule has 0 amide bonds. The van der Waals surface area contributed by atoms with E-state index >= 15 is 0 Å². The number of hydrogen-bond donors (Lipinski definition) is 1. The first-order valence-corrected chi connectivity index (χ1v) is 9.98. The lowest BCUT2D eigenvalue weighted by atomic mass is 9.99. The van der Waals surface area contributed by atoms with Gasteiger partial charge in [0, 0.05) is 13.0 Å². The third kappa shape index (κ3) is 4.01. The summed E-state index contributed by atoms with van der Waals surface area (Å²) in [6.07, 6.45) is 2.33. The Kier molecular flexibility index (Phi) is 5.70. The number of aromatic nitrogens is 4. The number of nitrogens with zero attached hydrogens (tertiary/aromatic N) is 4. The summed E-state index contributed by atoms with van der Waals surface area (Å²) in [5.41, 5.74) is 2.30. The average Bonchev–Trinajstić information content (AvgIpc) is 3.14. The molecule has 31 heavy (non-hydrogen) atoms. The number of benzene rings is 2. The van der Waals surface area contributed by atoms with Gasteiger partial charge in [-0.05, 0) is 29.2 Å². The van der Waals surface area contributed by atoms with E-state index in [2.05, 4.69) is 15.2 Å². The van der Waals surface area contributed by atoms with Crippen molar-refractivity contribution in [3.63, 3.8) is 0 Å². The molecule has 158 valence electrons. The molecule has 2 aromatic carbocycles. The minimum Gasteiger partial charge on any atom is -0.478 e. The van der Waals surface area contributed by atoms with Gasteiger partial charge < -0.3 is 9.67 Å². The van der Waals surface area contributed by atoms with Gasteiger partial charge in [-0.3, -0.25) is 0 Å². The summed E-state index contributed by atoms with van der Waals surface area (Å²) in [4.78, 5) is 15.8. The van der Waals surface area contributed by atoms with Crippen LogP contribution in [0.3, 0.4) is 0 Å². The molecule has 0 aliphatic heterocycles. The number of unbranched alkanes of at least 4 members (excludes halogenated alkanes) is 1. The molecular weight excluding hydrogens is 402 g/mol. The molecule has 0 spiro atoms. The van der Waals surface area contributed by atoms with Crippen molar-refractivity contribution in [1.82, 2.24) is 19.7 Å². The highest BCUT2D eigenvalue weighted by Gasteiger charge is 2.20. The Bertz CT molecular complexity index is 1250. The first-order chi connectivity index (χ1) is 15.0. The molecule has 0 aliphatic carbocycles. The Balaban J connectivity index is 1.72. The number of rotatable bonds is 7. The van der Waals surface area contributed by atoms with Gasteiger partial charge >= 0.3 is 5.97 Å². The second-order valence-electron chi connectivity index (χ2n) is 7.24. The van der Waals surface area contributed by atoms with Crippen molar-refractivity contribution in [2.75, 3.05) is 0 Å². The van der Waals surface area contributed by atoms with E-state index in [1.165, 1.54) is 0 Å². The summed E-state index contributed by atoms with van der Waals surface area (Å²) >= 11 is 0. The summed E-state index contributed by atoms with van der Waals surface area (Å²) in [6.45, 7) is 2.31. The van der Waals surface area contributed by atoms with Crippen molar-refractivity contribution in [3.8, 4) is 11.1 Å². The van der Waals surface area contributed by atoms with E-state index in [0.29, 0.717) is 17.8 Å². The third-order valence-corrected chi connectivity index (χ3v) is 5.18. The Morgan fingerprint density at radius 2 is 1.74 bits per heavy atom. The van der Waals surface area contributed by atoms with Crippen molar-refractivity contribution in [2.24, 2.45) is 0 Å². The first-order valence-electron chi connectivity index (χ1n) is 9.98. The molecule has 2 aromatic heterocycles. The zero-order valence-electron chi connectivity index (χ0n) is 16.8. The summed E-state index contributed by atoms with van der Waals surface area (Å²) < 4.78 is 30.2. The van der Waals surface area contributed by atoms with Gasteiger partial charge in [0.25, 0.3) is 11.9 Å². The van der Waals surface area contributed by atoms with Gasteiger partial charge in [-0.2, -0.15) is 8.78 Å². The molecule has 0 saturated carbocycles. The highest BCUT2D eigenvalue weighted by molar-refractivity contribution is 5.96. The van der Waals surface area contributed by atoms with E-state index in [4.69, 9.17) is 0 Å². The summed E-state index contributed by atoms with van der Waals surface area (Å²) in [5, 5.41) is 15.9. The van der Waals surface area contributed by atoms with Crippen molar-refractivity contribution in [1.29, 1.82) is 0 Å². The zero-order valence-corrected chi connectivity index (χ0v) is 16.8. The average molecular weight is 422 g/mol. The fraction of sp³-hybridized carbons (Fsp3) is 0.217. The van der Waals surface area contributed by atoms with Crippen molar-refractivity contribution in [2.45, 2.75) is 32.7 Å². The number of carboxylic acid groups (broad SMARTS) is 1. The maximum atomic E-state index is 14.4. The van der Waals surface area contributed by atoms with E-state index in [1.54, 1.807) is 28.8 Å². The molecule has 1 N–H and O–H groups in total. The fourth-order valence-corrected chi connectivity index (χ4v) is 3.62. The van der Waals surface area contributed by atoms with Crippen LogP contribution >= 0.6 is 0 Å². The lowest BCUT2D eigenvalue weighted by Gasteiger charge is -2.11. The lowest BCUT2D eigenvalue weighted by Crippen LogP contribution is -2.07. The van der Waals surface area contributed by atoms with E-state index in [-0.39, 0.29) is 23.1 Å². The van der Waals surface area contributed by atoms with Crippen LogP contribution < -0.4 is 0 Å². The van der Waals surface area contributed by atoms with Gasteiger partial charge in [0.15, 0.2) is 5.52 Å². The summed E-state index contributed by atoms with van der Waals surface area (Å²) in [5.74, 6) is -2.18. The number of hydrogen-bond acceptors (Lipinski definition) is 4. The number of fused-ring (bicyclic) bond motifs is 1. The number of carboxylic acids is 1. The van der Waals surface area contributed by atoms with Crippen LogP contribution in [0.15, 0.2) is 48.5 Å². The highest BCUT2D eigenvalue weighted by Crippen LogP contribution is 2.26. The highest BCUT2D eigenvalue weighted by atomic mass is 19.1. The molecule has 0 atom stereocenters. The molecule has 4 aromatic rings. The number of aryl methyl sites for hydroxylation is 1. The van der Waals surface area contributed by atoms with Crippen LogP contribution in [0.4, 0.5) is 8.78 Å². The standard InChI is InChI=1S/C23H20F2N4O2/c1-2-3-8-18-26-19-20(22(25)28-27-21(19)24)29(18)13-14-9-11-15(12-10-14)16-6-4-5-7-17(16)23(30)31/h4-7,9-12H,2-3,8,13H2,1H3,(H,30,31). The van der Waals surface area contributed by atoms with E-state index in [1.807, 2.05) is 31.2 Å². The zero-order chi connectivity index (χ0) is 22.0. The maximum absolute atomic E-state index is 14.4. The van der Waals surface area contributed by atoms with Gasteiger partial charge in [0.2, 0.25) is 0 Å². The molecular formula is C23H20F2N4O2. The van der Waals surface area contributed by atoms with Crippen LogP contribution in [0.5, 0.6) is 0 Å². The SMILES string of the molecule is CCCCc1nc2c(F)nnc(F)c2n1Cc1ccc(-c2ccccc2C(=O)O)cc1. The van der Waals surface area contributed by atoms with Crippen molar-refractivity contribution >= 4 is 17.0 Å². The molecule has 4 rings (SSSR count). The molecule has 0 bridgehead atoms. The number of halogens is 2. The molecule has 6 nitrogen and oxygen atoms in total. The van der Waals surface area contributed by atoms with Crippen LogP contribution in [0, 0.1) is 11.9 Å². The first kappa shape index (κ1) is 20.6. The Morgan fingerprint density at radius 1 is 1.03 bits per heavy atom. The van der Waals surface area contributed by atoms with Crippen molar-refractivity contribution < 1.29 is 18.7 Å². The predicted octanol–water partition coefficient (Wildman–Crippen LogP) is 4.86. The second-order valence-corrected chi connectivity index (χ2v) is 7.24. The van der Waals surface area contributed by atoms with Crippen LogP contribution in [-0.2, 0) is 13.0 Å². The topological polar surface area (TPSA) is 80.9 Å². The number of aromatic carboxylic acids is 1. The smallest absolute Gasteiger partial charge is 0.336 e. The third-order valence-electron chi connectivity index (χ3n) is 5.18. The molecule has 0 unspecified atom stereocenters. The van der Waals surface area contributed by atoms with Gasteiger partial charge in [-0.25, -0.2) is 9.78 Å². The molecule has 0 aliphatic rings. The quantitative estimate of drug-likeness (QED) is 0.460. The molecule has 0 fully saturated rings. The molecule has 2 heterocycles. The van der Waals surface area contributed by atoms with Crippen LogP contribution in [0.25, 0.3) is 22.2 Å². The molecule has 0 radical (unpaired) electrons. The summed E-state index contributed by atoms with van der Waals surface area (Å²) in [6, 6.07) is 14.1. The van der Waals surface area contributed by atoms with Crippen LogP contribution in [0.2, 0.25) is 0 Å². The largest absolute Gasteiger partial charge is 0.478 e. The van der Waals surface area contributed by atoms with E-state index in [0.717, 1.165) is 24.0 Å². The van der Waals surface area contributed by atoms with E-state index in [9.17, 15) is 18.7 Å². The lowest BCUT2D eigenvalue weighted by molar-refractivity contribution is 0.0697. The van der Waals surface area contributed by atoms with Crippen LogP contribution in [0.1, 0.15) is 41.5 Å².